The van der Waals surface area contributed by atoms with Gasteiger partial charge in [0.1, 0.15) is 0 Å². The van der Waals surface area contributed by atoms with Gasteiger partial charge in [-0.1, -0.05) is 0 Å². The minimum atomic E-state index is -1.43. The Labute approximate surface area is 226 Å². The monoisotopic (exact) mass is 557 g/mol. The first-order chi connectivity index (χ1) is 16.3. The first-order valence-corrected chi connectivity index (χ1v) is 17.7. The Morgan fingerprint density at radius 1 is 0.500 bits per heavy atom. The minimum absolute atomic E-state index is 0. The average Bonchev–Trinajstić information content (AvgIpc) is 2.85. The third-order valence-electron chi connectivity index (χ3n) is 7.54. The maximum absolute atomic E-state index is 4.29. The summed E-state index contributed by atoms with van der Waals surface area (Å²) in [6.07, 6.45) is 30.3. The molecular weight excluding hydrogens is 497 g/mol. The number of benzene rings is 1. The molecule has 0 atom stereocenters. The predicted octanol–water partition coefficient (Wildman–Crippen LogP) is 11.1. The molecule has 0 amide bonds. The number of nitrogens with one attached hydrogen (secondary N) is 1. The number of hydrogen-bond donors (Lipinski definition) is 1. The Kier molecular flexibility index (Phi) is 24.8. The van der Waals surface area contributed by atoms with Crippen molar-refractivity contribution in [1.29, 1.82) is 0 Å². The third-order valence-corrected chi connectivity index (χ3v) is 12.4. The van der Waals surface area contributed by atoms with E-state index in [1.807, 2.05) is 0 Å². The Bertz CT molecular complexity index is 481. The predicted molar refractivity (Wildman–Crippen MR) is 167 cm³/mol. The van der Waals surface area contributed by atoms with Gasteiger partial charge in [0.25, 0.3) is 0 Å². The fraction of sp³-hybridized carbons (Fsp3) is 0.806. The summed E-state index contributed by atoms with van der Waals surface area (Å²) in [7, 11) is -1.43. The zero-order valence-electron chi connectivity index (χ0n) is 23.4. The van der Waals surface area contributed by atoms with Gasteiger partial charge in [0.05, 0.1) is 0 Å². The van der Waals surface area contributed by atoms with Gasteiger partial charge in [0.2, 0.25) is 0 Å². The zero-order chi connectivity index (χ0) is 23.9. The molecular formula is C31H61BrNP. The Morgan fingerprint density at radius 3 is 1.24 bits per heavy atom. The molecule has 3 heteroatoms. The summed E-state index contributed by atoms with van der Waals surface area (Å²) < 4.78 is 0. The first kappa shape index (κ1) is 34.1. The summed E-state index contributed by atoms with van der Waals surface area (Å²) in [4.78, 5) is 0. The molecule has 0 radical (unpaired) electrons. The molecule has 0 bridgehead atoms. The molecule has 0 fully saturated rings. The van der Waals surface area contributed by atoms with Crippen LogP contribution < -0.4 is 5.09 Å². The number of unbranched alkanes of at least 4 members (excludes halogenated alkanes) is 15. The average molecular weight is 559 g/mol. The normalized spacial score (nSPS) is 12.0. The van der Waals surface area contributed by atoms with Crippen molar-refractivity contribution in [3.8, 4) is 0 Å². The van der Waals surface area contributed by atoms with Gasteiger partial charge < -0.3 is 0 Å². The van der Waals surface area contributed by atoms with E-state index >= 15 is 0 Å². The zero-order valence-corrected chi connectivity index (χ0v) is 26.1. The van der Waals surface area contributed by atoms with Crippen LogP contribution in [-0.4, -0.2) is 18.5 Å². The quantitative estimate of drug-likeness (QED) is 0.0983. The van der Waals surface area contributed by atoms with Crippen LogP contribution in [0.4, 0.5) is 0 Å². The van der Waals surface area contributed by atoms with E-state index in [0.29, 0.717) is 0 Å². The van der Waals surface area contributed by atoms with Gasteiger partial charge in [-0.25, -0.2) is 0 Å². The molecule has 1 aromatic rings. The van der Waals surface area contributed by atoms with E-state index < -0.39 is 7.41 Å². The summed E-state index contributed by atoms with van der Waals surface area (Å²) in [6, 6.07) is 11.2. The molecule has 0 aliphatic rings. The fourth-order valence-corrected chi connectivity index (χ4v) is 9.90. The molecule has 202 valence electrons. The maximum atomic E-state index is 4.29. The number of rotatable bonds is 24. The van der Waals surface area contributed by atoms with Crippen LogP contribution in [0.5, 0.6) is 0 Å². The van der Waals surface area contributed by atoms with Crippen molar-refractivity contribution in [1.82, 2.24) is 5.09 Å². The van der Waals surface area contributed by atoms with E-state index in [1.54, 1.807) is 0 Å². The van der Waals surface area contributed by atoms with Crippen LogP contribution in [0.3, 0.4) is 0 Å². The Hall–Kier alpha value is 0.0900. The summed E-state index contributed by atoms with van der Waals surface area (Å²) in [5.41, 5.74) is 1.48. The molecule has 0 spiro atoms. The fourth-order valence-electron chi connectivity index (χ4n) is 5.26. The second-order valence-electron chi connectivity index (χ2n) is 10.7. The summed E-state index contributed by atoms with van der Waals surface area (Å²) in [6.45, 7) is 8.07. The van der Waals surface area contributed by atoms with Crippen LogP contribution in [0.1, 0.15) is 142 Å². The van der Waals surface area contributed by atoms with Crippen molar-refractivity contribution in [2.24, 2.45) is 0 Å². The molecule has 34 heavy (non-hydrogen) atoms. The van der Waals surface area contributed by atoms with E-state index in [9.17, 15) is 0 Å². The Balaban J connectivity index is 0.0000109. The van der Waals surface area contributed by atoms with E-state index in [4.69, 9.17) is 0 Å². The number of halogens is 1. The van der Waals surface area contributed by atoms with Crippen molar-refractivity contribution in [3.63, 3.8) is 0 Å². The molecule has 1 nitrogen and oxygen atoms in total. The molecule has 0 aliphatic carbocycles. The van der Waals surface area contributed by atoms with Gasteiger partial charge in [-0.3, -0.25) is 0 Å². The topological polar surface area (TPSA) is 12.0 Å². The molecule has 0 saturated carbocycles. The second-order valence-corrected chi connectivity index (χ2v) is 15.1. The van der Waals surface area contributed by atoms with Crippen LogP contribution in [-0.2, 0) is 6.54 Å². The molecule has 1 N–H and O–H groups in total. The SMILES string of the molecule is Br.CCCCCCCC[PH](CCCCCCCC)(CCCCCCCC)NCc1ccccc1. The molecule has 0 aromatic heterocycles. The summed E-state index contributed by atoms with van der Waals surface area (Å²) >= 11 is 0. The van der Waals surface area contributed by atoms with E-state index in [0.717, 1.165) is 6.54 Å². The molecule has 0 heterocycles. The Morgan fingerprint density at radius 2 is 0.853 bits per heavy atom. The number of hydrogen-bond acceptors (Lipinski definition) is 1. The molecule has 0 unspecified atom stereocenters. The van der Waals surface area contributed by atoms with E-state index in [1.165, 1.54) is 140 Å². The van der Waals surface area contributed by atoms with Gasteiger partial charge in [0.15, 0.2) is 0 Å². The van der Waals surface area contributed by atoms with Crippen LogP contribution in [0.2, 0.25) is 0 Å². The van der Waals surface area contributed by atoms with E-state index in [2.05, 4.69) is 56.2 Å². The van der Waals surface area contributed by atoms with Crippen LogP contribution in [0.25, 0.3) is 0 Å². The van der Waals surface area contributed by atoms with Gasteiger partial charge in [0, 0.05) is 0 Å². The van der Waals surface area contributed by atoms with Gasteiger partial charge in [-0.05, 0) is 0 Å². The van der Waals surface area contributed by atoms with Crippen molar-refractivity contribution in [3.05, 3.63) is 35.9 Å². The standard InChI is InChI=1S/C31H60NP.BrH/c1-4-7-10-13-16-22-27-33(28-23-17-14-11-8-5-2,29-24-18-15-12-9-6-3)32-30-31-25-20-19-21-26-31;/h19-21,25-26,32-33H,4-18,22-24,27-30H2,1-3H3;1H. The first-order valence-electron chi connectivity index (χ1n) is 15.0. The second kappa shape index (κ2) is 24.8. The van der Waals surface area contributed by atoms with Crippen molar-refractivity contribution in [2.45, 2.75) is 143 Å². The van der Waals surface area contributed by atoms with Gasteiger partial charge >= 0.3 is 210 Å². The van der Waals surface area contributed by atoms with Gasteiger partial charge in [-0.15, -0.1) is 17.0 Å². The molecule has 1 aromatic carbocycles. The van der Waals surface area contributed by atoms with Crippen molar-refractivity contribution >= 4 is 24.4 Å². The van der Waals surface area contributed by atoms with Crippen molar-refractivity contribution < 1.29 is 0 Å². The van der Waals surface area contributed by atoms with Gasteiger partial charge in [-0.2, -0.15) is 0 Å². The molecule has 0 aliphatic heterocycles. The molecule has 1 rings (SSSR count). The van der Waals surface area contributed by atoms with E-state index in [-0.39, 0.29) is 17.0 Å². The summed E-state index contributed by atoms with van der Waals surface area (Å²) in [5, 5.41) is 4.29. The van der Waals surface area contributed by atoms with Crippen LogP contribution in [0, 0.1) is 0 Å². The summed E-state index contributed by atoms with van der Waals surface area (Å²) in [5.74, 6) is 0. The van der Waals surface area contributed by atoms with Crippen LogP contribution >= 0.6 is 24.4 Å². The molecule has 0 saturated heterocycles. The van der Waals surface area contributed by atoms with Crippen molar-refractivity contribution in [2.75, 3.05) is 18.5 Å². The van der Waals surface area contributed by atoms with Crippen LogP contribution in [0.15, 0.2) is 30.3 Å². The third kappa shape index (κ3) is 18.4.